The van der Waals surface area contributed by atoms with Crippen LogP contribution >= 0.6 is 0 Å². The quantitative estimate of drug-likeness (QED) is 0.802. The molecule has 15 heavy (non-hydrogen) atoms. The lowest BCUT2D eigenvalue weighted by molar-refractivity contribution is 0.176. The van der Waals surface area contributed by atoms with Crippen molar-refractivity contribution in [1.29, 1.82) is 0 Å². The predicted molar refractivity (Wildman–Crippen MR) is 61.8 cm³/mol. The van der Waals surface area contributed by atoms with Crippen molar-refractivity contribution in [1.82, 2.24) is 4.90 Å². The summed E-state index contributed by atoms with van der Waals surface area (Å²) in [6, 6.07) is 7.58. The molecule has 1 atom stereocenters. The molecule has 0 saturated carbocycles. The average molecular weight is 205 g/mol. The minimum atomic E-state index is 0.373. The number of piperidine rings is 1. The van der Waals surface area contributed by atoms with Gasteiger partial charge in [0.25, 0.3) is 0 Å². The second kappa shape index (κ2) is 4.67. The normalized spacial score (nSPS) is 22.9. The molecular weight excluding hydrogens is 186 g/mol. The summed E-state index contributed by atoms with van der Waals surface area (Å²) in [7, 11) is 0. The van der Waals surface area contributed by atoms with Crippen LogP contribution in [0.3, 0.4) is 0 Å². The molecule has 0 aliphatic carbocycles. The van der Waals surface area contributed by atoms with Crippen molar-refractivity contribution >= 4 is 0 Å². The van der Waals surface area contributed by atoms with Crippen LogP contribution in [0.1, 0.15) is 25.3 Å². The molecule has 1 aromatic rings. The van der Waals surface area contributed by atoms with Crippen molar-refractivity contribution in [2.45, 2.75) is 26.3 Å². The Morgan fingerprint density at radius 2 is 2.33 bits per heavy atom. The van der Waals surface area contributed by atoms with Gasteiger partial charge in [0.15, 0.2) is 0 Å². The van der Waals surface area contributed by atoms with Crippen molar-refractivity contribution in [3.63, 3.8) is 0 Å². The first-order valence-corrected chi connectivity index (χ1v) is 5.74. The van der Waals surface area contributed by atoms with E-state index in [0.29, 0.717) is 5.75 Å². The van der Waals surface area contributed by atoms with Gasteiger partial charge in [0.1, 0.15) is 5.75 Å². The van der Waals surface area contributed by atoms with Gasteiger partial charge < -0.3 is 5.11 Å². The lowest BCUT2D eigenvalue weighted by atomic mass is 10.00. The molecular formula is C13H19NO. The molecule has 2 rings (SSSR count). The Hall–Kier alpha value is -1.02. The van der Waals surface area contributed by atoms with Gasteiger partial charge in [0, 0.05) is 13.1 Å². The van der Waals surface area contributed by atoms with E-state index >= 15 is 0 Å². The first-order chi connectivity index (χ1) is 7.24. The van der Waals surface area contributed by atoms with E-state index in [2.05, 4.69) is 17.9 Å². The second-order valence-electron chi connectivity index (χ2n) is 4.65. The highest BCUT2D eigenvalue weighted by Crippen LogP contribution is 2.19. The molecule has 2 nitrogen and oxygen atoms in total. The summed E-state index contributed by atoms with van der Waals surface area (Å²) >= 11 is 0. The molecule has 1 aliphatic heterocycles. The highest BCUT2D eigenvalue weighted by molar-refractivity contribution is 5.26. The van der Waals surface area contributed by atoms with Gasteiger partial charge in [-0.1, -0.05) is 19.1 Å². The van der Waals surface area contributed by atoms with E-state index < -0.39 is 0 Å². The molecule has 1 aliphatic rings. The van der Waals surface area contributed by atoms with E-state index in [0.717, 1.165) is 12.5 Å². The second-order valence-corrected chi connectivity index (χ2v) is 4.65. The standard InChI is InChI=1S/C13H19NO/c1-11-4-3-7-14(9-11)10-12-5-2-6-13(15)8-12/h2,5-6,8,11,15H,3-4,7,9-10H2,1H3/t11-/m0/s1. The van der Waals surface area contributed by atoms with Crippen molar-refractivity contribution < 1.29 is 5.11 Å². The fourth-order valence-corrected chi connectivity index (χ4v) is 2.34. The number of nitrogens with zero attached hydrogens (tertiary/aromatic N) is 1. The zero-order valence-electron chi connectivity index (χ0n) is 9.32. The van der Waals surface area contributed by atoms with Crippen LogP contribution in [-0.2, 0) is 6.54 Å². The van der Waals surface area contributed by atoms with E-state index in [4.69, 9.17) is 0 Å². The van der Waals surface area contributed by atoms with E-state index in [-0.39, 0.29) is 0 Å². The summed E-state index contributed by atoms with van der Waals surface area (Å²) < 4.78 is 0. The summed E-state index contributed by atoms with van der Waals surface area (Å²) in [5.41, 5.74) is 1.21. The predicted octanol–water partition coefficient (Wildman–Crippen LogP) is 2.62. The van der Waals surface area contributed by atoms with E-state index in [1.807, 2.05) is 12.1 Å². The zero-order valence-corrected chi connectivity index (χ0v) is 9.32. The lowest BCUT2D eigenvalue weighted by Gasteiger charge is -2.30. The largest absolute Gasteiger partial charge is 0.508 e. The lowest BCUT2D eigenvalue weighted by Crippen LogP contribution is -2.33. The van der Waals surface area contributed by atoms with Gasteiger partial charge in [-0.15, -0.1) is 0 Å². The zero-order chi connectivity index (χ0) is 10.7. The van der Waals surface area contributed by atoms with Gasteiger partial charge in [-0.3, -0.25) is 4.90 Å². The summed E-state index contributed by atoms with van der Waals surface area (Å²) in [6.45, 7) is 5.67. The summed E-state index contributed by atoms with van der Waals surface area (Å²) in [6.07, 6.45) is 2.66. The molecule has 0 radical (unpaired) electrons. The Labute approximate surface area is 91.5 Å². The van der Waals surface area contributed by atoms with Gasteiger partial charge in [-0.25, -0.2) is 0 Å². The van der Waals surface area contributed by atoms with Crippen molar-refractivity contribution in [3.8, 4) is 5.75 Å². The maximum Gasteiger partial charge on any atom is 0.115 e. The van der Waals surface area contributed by atoms with Gasteiger partial charge in [0.2, 0.25) is 0 Å². The topological polar surface area (TPSA) is 23.5 Å². The molecule has 1 saturated heterocycles. The van der Waals surface area contributed by atoms with Crippen molar-refractivity contribution in [3.05, 3.63) is 29.8 Å². The van der Waals surface area contributed by atoms with Crippen LogP contribution in [0.25, 0.3) is 0 Å². The highest BCUT2D eigenvalue weighted by atomic mass is 16.3. The Morgan fingerprint density at radius 1 is 1.47 bits per heavy atom. The monoisotopic (exact) mass is 205 g/mol. The summed E-state index contributed by atoms with van der Waals surface area (Å²) in [4.78, 5) is 2.48. The first kappa shape index (κ1) is 10.5. The fraction of sp³-hybridized carbons (Fsp3) is 0.538. The van der Waals surface area contributed by atoms with Crippen LogP contribution in [0.5, 0.6) is 5.75 Å². The van der Waals surface area contributed by atoms with E-state index in [1.54, 1.807) is 6.07 Å². The third-order valence-electron chi connectivity index (χ3n) is 3.06. The van der Waals surface area contributed by atoms with Crippen LogP contribution in [-0.4, -0.2) is 23.1 Å². The molecule has 0 amide bonds. The number of hydrogen-bond acceptors (Lipinski definition) is 2. The minimum absolute atomic E-state index is 0.373. The number of phenolic OH excluding ortho intramolecular Hbond substituents is 1. The number of benzene rings is 1. The number of rotatable bonds is 2. The fourth-order valence-electron chi connectivity index (χ4n) is 2.34. The van der Waals surface area contributed by atoms with Gasteiger partial charge in [-0.2, -0.15) is 0 Å². The van der Waals surface area contributed by atoms with Crippen LogP contribution < -0.4 is 0 Å². The number of likely N-dealkylation sites (tertiary alicyclic amines) is 1. The molecule has 82 valence electrons. The SMILES string of the molecule is C[C@H]1CCCN(Cc2cccc(O)c2)C1. The number of hydrogen-bond donors (Lipinski definition) is 1. The minimum Gasteiger partial charge on any atom is -0.508 e. The third kappa shape index (κ3) is 2.96. The van der Waals surface area contributed by atoms with E-state index in [1.165, 1.54) is 31.5 Å². The van der Waals surface area contributed by atoms with Gasteiger partial charge in [-0.05, 0) is 43.0 Å². The summed E-state index contributed by atoms with van der Waals surface area (Å²) in [5.74, 6) is 1.19. The molecule has 0 unspecified atom stereocenters. The highest BCUT2D eigenvalue weighted by Gasteiger charge is 2.15. The Morgan fingerprint density at radius 3 is 3.07 bits per heavy atom. The maximum absolute atomic E-state index is 9.38. The van der Waals surface area contributed by atoms with Crippen LogP contribution in [0.2, 0.25) is 0 Å². The maximum atomic E-state index is 9.38. The van der Waals surface area contributed by atoms with Crippen molar-refractivity contribution in [2.24, 2.45) is 5.92 Å². The van der Waals surface area contributed by atoms with Gasteiger partial charge >= 0.3 is 0 Å². The molecule has 2 heteroatoms. The molecule has 1 heterocycles. The molecule has 1 aromatic carbocycles. The number of phenols is 1. The van der Waals surface area contributed by atoms with E-state index in [9.17, 15) is 5.11 Å². The molecule has 0 bridgehead atoms. The van der Waals surface area contributed by atoms with Crippen LogP contribution in [0.15, 0.2) is 24.3 Å². The smallest absolute Gasteiger partial charge is 0.115 e. The number of aromatic hydroxyl groups is 1. The Bertz CT molecular complexity index is 324. The molecule has 1 N–H and O–H groups in total. The van der Waals surface area contributed by atoms with Crippen LogP contribution in [0, 0.1) is 5.92 Å². The van der Waals surface area contributed by atoms with Crippen molar-refractivity contribution in [2.75, 3.05) is 13.1 Å². The summed E-state index contributed by atoms with van der Waals surface area (Å²) in [5, 5.41) is 9.38. The first-order valence-electron chi connectivity index (χ1n) is 5.74. The Kier molecular flexibility index (Phi) is 3.27. The third-order valence-corrected chi connectivity index (χ3v) is 3.06. The molecule has 0 spiro atoms. The van der Waals surface area contributed by atoms with Crippen LogP contribution in [0.4, 0.5) is 0 Å². The molecule has 1 fully saturated rings. The van der Waals surface area contributed by atoms with Gasteiger partial charge in [0.05, 0.1) is 0 Å². The Balaban J connectivity index is 1.96. The average Bonchev–Trinajstić information content (AvgIpc) is 2.17. The molecule has 0 aromatic heterocycles.